The predicted octanol–water partition coefficient (Wildman–Crippen LogP) is 0.170. The molecule has 1 unspecified atom stereocenters. The highest BCUT2D eigenvalue weighted by Crippen LogP contribution is 2.25. The van der Waals surface area contributed by atoms with Crippen LogP contribution in [0, 0.1) is 5.92 Å². The Labute approximate surface area is 101 Å². The lowest BCUT2D eigenvalue weighted by Crippen LogP contribution is -2.40. The van der Waals surface area contributed by atoms with Crippen molar-refractivity contribution in [2.24, 2.45) is 5.92 Å². The van der Waals surface area contributed by atoms with Crippen molar-refractivity contribution in [1.29, 1.82) is 0 Å². The van der Waals surface area contributed by atoms with Gasteiger partial charge in [-0.3, -0.25) is 4.79 Å². The summed E-state index contributed by atoms with van der Waals surface area (Å²) in [7, 11) is -3.33. The Morgan fingerprint density at radius 1 is 1.35 bits per heavy atom. The molecule has 1 saturated heterocycles. The average molecular weight is 262 g/mol. The third kappa shape index (κ3) is 3.65. The van der Waals surface area contributed by atoms with Crippen LogP contribution < -0.4 is 4.72 Å². The Kier molecular flexibility index (Phi) is 3.70. The smallest absolute Gasteiger partial charge is 0.303 e. The number of aliphatic carboxylic acids is 1. The summed E-state index contributed by atoms with van der Waals surface area (Å²) in [6.07, 6.45) is 3.29. The fraction of sp³-hybridized carbons (Fsp3) is 0.900. The van der Waals surface area contributed by atoms with Crippen LogP contribution in [0.1, 0.15) is 32.1 Å². The summed E-state index contributed by atoms with van der Waals surface area (Å²) in [5.74, 6) is -0.635. The van der Waals surface area contributed by atoms with Crippen LogP contribution in [0.5, 0.6) is 0 Å². The molecule has 1 aliphatic heterocycles. The van der Waals surface area contributed by atoms with Crippen molar-refractivity contribution in [1.82, 2.24) is 9.03 Å². The van der Waals surface area contributed by atoms with E-state index in [1.54, 1.807) is 0 Å². The highest BCUT2D eigenvalue weighted by Gasteiger charge is 2.35. The van der Waals surface area contributed by atoms with E-state index in [4.69, 9.17) is 5.11 Å². The normalized spacial score (nSPS) is 26.2. The zero-order valence-corrected chi connectivity index (χ0v) is 10.4. The van der Waals surface area contributed by atoms with Crippen molar-refractivity contribution in [2.45, 2.75) is 38.1 Å². The largest absolute Gasteiger partial charge is 0.481 e. The number of carboxylic acid groups (broad SMARTS) is 1. The minimum Gasteiger partial charge on any atom is -0.481 e. The van der Waals surface area contributed by atoms with Crippen LogP contribution in [0.15, 0.2) is 0 Å². The van der Waals surface area contributed by atoms with Gasteiger partial charge in [0, 0.05) is 25.6 Å². The summed E-state index contributed by atoms with van der Waals surface area (Å²) in [5, 5.41) is 8.58. The molecule has 2 aliphatic rings. The van der Waals surface area contributed by atoms with E-state index in [2.05, 4.69) is 4.72 Å². The average Bonchev–Trinajstić information content (AvgIpc) is 2.90. The SMILES string of the molecule is O=C(O)CCC1CCN(S(=O)(=O)NC2CC2)C1. The lowest BCUT2D eigenvalue weighted by molar-refractivity contribution is -0.137. The third-order valence-corrected chi connectivity index (χ3v) is 4.89. The second-order valence-electron chi connectivity index (χ2n) is 4.84. The molecule has 0 bridgehead atoms. The van der Waals surface area contributed by atoms with Crippen LogP contribution in [0.3, 0.4) is 0 Å². The van der Waals surface area contributed by atoms with Gasteiger partial charge in [0.1, 0.15) is 0 Å². The molecule has 2 N–H and O–H groups in total. The summed E-state index contributed by atoms with van der Waals surface area (Å²) in [4.78, 5) is 10.4. The maximum Gasteiger partial charge on any atom is 0.303 e. The highest BCUT2D eigenvalue weighted by molar-refractivity contribution is 7.87. The number of carbonyl (C=O) groups is 1. The molecule has 7 heteroatoms. The zero-order valence-electron chi connectivity index (χ0n) is 9.63. The summed E-state index contributed by atoms with van der Waals surface area (Å²) in [5.41, 5.74) is 0. The van der Waals surface area contributed by atoms with Crippen LogP contribution in [0.4, 0.5) is 0 Å². The first kappa shape index (κ1) is 12.8. The van der Waals surface area contributed by atoms with Crippen molar-refractivity contribution in [3.05, 3.63) is 0 Å². The molecule has 17 heavy (non-hydrogen) atoms. The van der Waals surface area contributed by atoms with E-state index in [1.807, 2.05) is 0 Å². The lowest BCUT2D eigenvalue weighted by Gasteiger charge is -2.16. The Morgan fingerprint density at radius 2 is 2.06 bits per heavy atom. The Hall–Kier alpha value is -0.660. The van der Waals surface area contributed by atoms with Crippen molar-refractivity contribution < 1.29 is 18.3 Å². The van der Waals surface area contributed by atoms with Gasteiger partial charge in [0.2, 0.25) is 0 Å². The third-order valence-electron chi connectivity index (χ3n) is 3.25. The van der Waals surface area contributed by atoms with Gasteiger partial charge in [0.25, 0.3) is 10.2 Å². The minimum atomic E-state index is -3.33. The van der Waals surface area contributed by atoms with Gasteiger partial charge in [-0.05, 0) is 31.6 Å². The summed E-state index contributed by atoms with van der Waals surface area (Å²) < 4.78 is 27.8. The van der Waals surface area contributed by atoms with Crippen LogP contribution in [0.2, 0.25) is 0 Å². The Bertz CT molecular complexity index is 391. The second-order valence-corrected chi connectivity index (χ2v) is 6.54. The Morgan fingerprint density at radius 3 is 2.65 bits per heavy atom. The van der Waals surface area contributed by atoms with E-state index in [9.17, 15) is 13.2 Å². The molecule has 6 nitrogen and oxygen atoms in total. The van der Waals surface area contributed by atoms with Gasteiger partial charge in [-0.25, -0.2) is 0 Å². The fourth-order valence-electron chi connectivity index (χ4n) is 2.06. The lowest BCUT2D eigenvalue weighted by atomic mass is 10.0. The first-order valence-electron chi connectivity index (χ1n) is 5.96. The maximum atomic E-state index is 11.9. The van der Waals surface area contributed by atoms with E-state index < -0.39 is 16.2 Å². The monoisotopic (exact) mass is 262 g/mol. The van der Waals surface area contributed by atoms with E-state index in [1.165, 1.54) is 4.31 Å². The molecule has 1 atom stereocenters. The van der Waals surface area contributed by atoms with E-state index in [0.717, 1.165) is 19.3 Å². The van der Waals surface area contributed by atoms with Gasteiger partial charge in [-0.2, -0.15) is 17.4 Å². The summed E-state index contributed by atoms with van der Waals surface area (Å²) in [6.45, 7) is 0.960. The van der Waals surface area contributed by atoms with Crippen LogP contribution in [-0.4, -0.2) is 42.9 Å². The Balaban J connectivity index is 1.81. The van der Waals surface area contributed by atoms with Gasteiger partial charge in [-0.15, -0.1) is 0 Å². The van der Waals surface area contributed by atoms with Gasteiger partial charge in [0.05, 0.1) is 0 Å². The van der Waals surface area contributed by atoms with Crippen molar-refractivity contribution in [3.63, 3.8) is 0 Å². The van der Waals surface area contributed by atoms with Crippen molar-refractivity contribution >= 4 is 16.2 Å². The summed E-state index contributed by atoms with van der Waals surface area (Å²) in [6, 6.07) is 0.123. The molecule has 1 saturated carbocycles. The fourth-order valence-corrected chi connectivity index (χ4v) is 3.62. The first-order chi connectivity index (χ1) is 7.97. The predicted molar refractivity (Wildman–Crippen MR) is 61.6 cm³/mol. The van der Waals surface area contributed by atoms with Crippen LogP contribution >= 0.6 is 0 Å². The first-order valence-corrected chi connectivity index (χ1v) is 7.40. The molecule has 0 radical (unpaired) electrons. The number of hydrogen-bond donors (Lipinski definition) is 2. The maximum absolute atomic E-state index is 11.9. The molecule has 0 aromatic heterocycles. The quantitative estimate of drug-likeness (QED) is 0.714. The molecular weight excluding hydrogens is 244 g/mol. The van der Waals surface area contributed by atoms with Gasteiger partial charge < -0.3 is 5.11 Å². The number of rotatable bonds is 6. The standard InChI is InChI=1S/C10H18N2O4S/c13-10(14)4-1-8-5-6-12(7-8)17(15,16)11-9-2-3-9/h8-9,11H,1-7H2,(H,13,14). The van der Waals surface area contributed by atoms with Gasteiger partial charge in [0.15, 0.2) is 0 Å². The summed E-state index contributed by atoms with van der Waals surface area (Å²) >= 11 is 0. The van der Waals surface area contributed by atoms with E-state index in [-0.39, 0.29) is 18.4 Å². The van der Waals surface area contributed by atoms with E-state index >= 15 is 0 Å². The molecule has 0 amide bonds. The molecule has 0 aromatic carbocycles. The molecule has 98 valence electrons. The topological polar surface area (TPSA) is 86.7 Å². The molecule has 0 spiro atoms. The van der Waals surface area contributed by atoms with E-state index in [0.29, 0.717) is 19.5 Å². The minimum absolute atomic E-state index is 0.120. The number of carboxylic acids is 1. The van der Waals surface area contributed by atoms with Gasteiger partial charge in [-0.1, -0.05) is 0 Å². The second kappa shape index (κ2) is 4.91. The number of nitrogens with one attached hydrogen (secondary N) is 1. The van der Waals surface area contributed by atoms with Gasteiger partial charge >= 0.3 is 5.97 Å². The molecule has 2 fully saturated rings. The van der Waals surface area contributed by atoms with Crippen molar-refractivity contribution in [3.8, 4) is 0 Å². The molecular formula is C10H18N2O4S. The van der Waals surface area contributed by atoms with Crippen LogP contribution in [0.25, 0.3) is 0 Å². The zero-order chi connectivity index (χ0) is 12.5. The molecule has 1 heterocycles. The molecule has 0 aromatic rings. The molecule has 1 aliphatic carbocycles. The number of nitrogens with zero attached hydrogens (tertiary/aromatic N) is 1. The molecule has 2 rings (SSSR count). The van der Waals surface area contributed by atoms with Crippen LogP contribution in [-0.2, 0) is 15.0 Å². The van der Waals surface area contributed by atoms with Crippen molar-refractivity contribution in [2.75, 3.05) is 13.1 Å². The highest BCUT2D eigenvalue weighted by atomic mass is 32.2. The number of hydrogen-bond acceptors (Lipinski definition) is 3.